The second-order valence-corrected chi connectivity index (χ2v) is 6.49. The molecule has 1 aromatic heterocycles. The minimum atomic E-state index is 0. The molecule has 0 saturated carbocycles. The lowest BCUT2D eigenvalue weighted by molar-refractivity contribution is -0.121. The molecule has 4 nitrogen and oxygen atoms in total. The van der Waals surface area contributed by atoms with Crippen molar-refractivity contribution >= 4 is 22.4 Å². The Bertz CT molecular complexity index is 609. The number of hydrogen-bond donors (Lipinski definition) is 1. The van der Waals surface area contributed by atoms with E-state index in [4.69, 9.17) is 0 Å². The fraction of sp³-hybridized carbons (Fsp3) is 0.375. The molecule has 3 rings (SSSR count). The van der Waals surface area contributed by atoms with Crippen LogP contribution in [0.1, 0.15) is 14.3 Å². The fourth-order valence-electron chi connectivity index (χ4n) is 2.55. The minimum absolute atomic E-state index is 0. The second kappa shape index (κ2) is 6.37. The van der Waals surface area contributed by atoms with Crippen molar-refractivity contribution in [1.82, 2.24) is 9.88 Å². The van der Waals surface area contributed by atoms with Gasteiger partial charge >= 0.3 is 0 Å². The summed E-state index contributed by atoms with van der Waals surface area (Å²) in [4.78, 5) is 19.9. The van der Waals surface area contributed by atoms with Gasteiger partial charge in [-0.1, -0.05) is 41.7 Å². The number of thiazole rings is 1. The average molecular weight is 303 g/mol. The summed E-state index contributed by atoms with van der Waals surface area (Å²) in [5.41, 5.74) is 1.13. The molecular weight excluding hydrogens is 282 g/mol. The maximum atomic E-state index is 12.3. The summed E-state index contributed by atoms with van der Waals surface area (Å²) in [6.45, 7) is 1.98. The van der Waals surface area contributed by atoms with Crippen LogP contribution in [0.5, 0.6) is 0 Å². The van der Waals surface area contributed by atoms with Gasteiger partial charge in [0.1, 0.15) is 0 Å². The molecule has 5 heteroatoms. The highest BCUT2D eigenvalue weighted by Gasteiger charge is 2.23. The van der Waals surface area contributed by atoms with E-state index >= 15 is 0 Å². The highest BCUT2D eigenvalue weighted by molar-refractivity contribution is 7.19. The molecule has 0 spiro atoms. The molecule has 1 amide bonds. The number of carbonyl (C=O) groups is 1. The third kappa shape index (κ3) is 3.49. The van der Waals surface area contributed by atoms with Crippen molar-refractivity contribution in [2.45, 2.75) is 12.8 Å². The number of nitrogens with one attached hydrogen (secondary N) is 1. The van der Waals surface area contributed by atoms with Gasteiger partial charge < -0.3 is 10.2 Å². The molecule has 1 aliphatic rings. The monoisotopic (exact) mass is 303 g/mol. The zero-order valence-corrected chi connectivity index (χ0v) is 12.9. The molecule has 1 saturated heterocycles. The maximum Gasteiger partial charge on any atom is 0.229 e. The summed E-state index contributed by atoms with van der Waals surface area (Å²) in [6, 6.07) is 10.1. The summed E-state index contributed by atoms with van der Waals surface area (Å²) in [5.74, 6) is 0.224. The molecule has 1 aromatic carbocycles. The van der Waals surface area contributed by atoms with E-state index in [1.807, 2.05) is 24.4 Å². The highest BCUT2D eigenvalue weighted by Crippen LogP contribution is 2.29. The van der Waals surface area contributed by atoms with Gasteiger partial charge in [0.05, 0.1) is 4.88 Å². The first-order valence-electron chi connectivity index (χ1n) is 7.23. The van der Waals surface area contributed by atoms with Crippen molar-refractivity contribution in [3.05, 3.63) is 36.5 Å². The van der Waals surface area contributed by atoms with Gasteiger partial charge in [-0.25, -0.2) is 4.98 Å². The molecule has 112 valence electrons. The third-order valence-electron chi connectivity index (χ3n) is 3.88. The van der Waals surface area contributed by atoms with E-state index < -0.39 is 0 Å². The Morgan fingerprint density at radius 3 is 2.76 bits per heavy atom. The summed E-state index contributed by atoms with van der Waals surface area (Å²) >= 11 is 1.53. The van der Waals surface area contributed by atoms with Gasteiger partial charge in [-0.05, 0) is 38.5 Å². The van der Waals surface area contributed by atoms with Gasteiger partial charge in [0.15, 0.2) is 5.13 Å². The van der Waals surface area contributed by atoms with Crippen LogP contribution in [0, 0.1) is 5.92 Å². The zero-order chi connectivity index (χ0) is 14.7. The van der Waals surface area contributed by atoms with Gasteiger partial charge in [-0.2, -0.15) is 0 Å². The van der Waals surface area contributed by atoms with Crippen LogP contribution in [0.4, 0.5) is 5.13 Å². The van der Waals surface area contributed by atoms with Crippen molar-refractivity contribution in [2.24, 2.45) is 5.92 Å². The first kappa shape index (κ1) is 14.2. The van der Waals surface area contributed by atoms with E-state index in [2.05, 4.69) is 34.4 Å². The number of amides is 1. The van der Waals surface area contributed by atoms with E-state index in [-0.39, 0.29) is 13.3 Å². The summed E-state index contributed by atoms with van der Waals surface area (Å²) in [7, 11) is 2.10. The lowest BCUT2D eigenvalue weighted by Crippen LogP contribution is -2.35. The van der Waals surface area contributed by atoms with Crippen molar-refractivity contribution in [3.8, 4) is 10.4 Å². The molecule has 2 heterocycles. The number of carbonyl (C=O) groups excluding carboxylic acids is 1. The maximum absolute atomic E-state index is 12.3. The Kier molecular flexibility index (Phi) is 4.31. The molecular formula is C16H21N3OS. The van der Waals surface area contributed by atoms with Crippen molar-refractivity contribution in [3.63, 3.8) is 0 Å². The standard InChI is InChI=1S/C16H19N3OS.H2/c1-19-9-7-13(8-10-19)15(20)18-16-17-11-14(21-16)12-5-3-2-4-6-12;/h2-6,11,13H,7-10H2,1H3,(H,17,18,20);1H. The quantitative estimate of drug-likeness (QED) is 0.946. The van der Waals surface area contributed by atoms with Crippen molar-refractivity contribution < 1.29 is 6.22 Å². The number of piperidine rings is 1. The third-order valence-corrected chi connectivity index (χ3v) is 4.85. The van der Waals surface area contributed by atoms with Crippen LogP contribution < -0.4 is 5.32 Å². The van der Waals surface area contributed by atoms with E-state index in [1.54, 1.807) is 0 Å². The molecule has 0 aliphatic carbocycles. The fourth-order valence-corrected chi connectivity index (χ4v) is 3.37. The molecule has 0 unspecified atom stereocenters. The number of hydrogen-bond acceptors (Lipinski definition) is 4. The molecule has 1 fully saturated rings. The molecule has 2 aromatic rings. The van der Waals surface area contributed by atoms with Gasteiger partial charge in [0, 0.05) is 13.5 Å². The molecule has 21 heavy (non-hydrogen) atoms. The number of likely N-dealkylation sites (tertiary alicyclic amines) is 1. The zero-order valence-electron chi connectivity index (χ0n) is 12.1. The van der Waals surface area contributed by atoms with Gasteiger partial charge in [0.25, 0.3) is 0 Å². The first-order valence-corrected chi connectivity index (χ1v) is 8.04. The summed E-state index contributed by atoms with van der Waals surface area (Å²) < 4.78 is 0. The Morgan fingerprint density at radius 2 is 2.05 bits per heavy atom. The highest BCUT2D eigenvalue weighted by atomic mass is 32.1. The van der Waals surface area contributed by atoms with Crippen LogP contribution in [0.15, 0.2) is 36.5 Å². The molecule has 1 N–H and O–H groups in total. The smallest absolute Gasteiger partial charge is 0.229 e. The Balaban J connectivity index is 0.00000176. The Hall–Kier alpha value is -1.72. The number of aromatic nitrogens is 1. The molecule has 0 bridgehead atoms. The first-order chi connectivity index (χ1) is 10.2. The SMILES string of the molecule is CN1CCC(C(=O)Nc2ncc(-c3ccccc3)s2)CC1.[HH]. The van der Waals surface area contributed by atoms with Crippen LogP contribution in [0.2, 0.25) is 0 Å². The van der Waals surface area contributed by atoms with Crippen LogP contribution in [-0.4, -0.2) is 35.9 Å². The van der Waals surface area contributed by atoms with Crippen molar-refractivity contribution in [1.29, 1.82) is 0 Å². The van der Waals surface area contributed by atoms with Crippen LogP contribution in [-0.2, 0) is 4.79 Å². The van der Waals surface area contributed by atoms with Crippen molar-refractivity contribution in [2.75, 3.05) is 25.5 Å². The van der Waals surface area contributed by atoms with Crippen LogP contribution in [0.25, 0.3) is 10.4 Å². The lowest BCUT2D eigenvalue weighted by Gasteiger charge is -2.27. The molecule has 0 radical (unpaired) electrons. The van der Waals surface area contributed by atoms with Crippen LogP contribution >= 0.6 is 11.3 Å². The number of nitrogens with zero attached hydrogens (tertiary/aromatic N) is 2. The number of benzene rings is 1. The normalized spacial score (nSPS) is 16.8. The topological polar surface area (TPSA) is 45.2 Å². The molecule has 1 aliphatic heterocycles. The lowest BCUT2D eigenvalue weighted by atomic mass is 9.96. The Morgan fingerprint density at radius 1 is 1.33 bits per heavy atom. The number of anilines is 1. The molecule has 0 atom stereocenters. The predicted octanol–water partition coefficient (Wildman–Crippen LogP) is 3.34. The summed E-state index contributed by atoms with van der Waals surface area (Å²) in [6.07, 6.45) is 3.68. The second-order valence-electron chi connectivity index (χ2n) is 5.46. The van der Waals surface area contributed by atoms with Gasteiger partial charge in [-0.15, -0.1) is 0 Å². The van der Waals surface area contributed by atoms with E-state index in [9.17, 15) is 4.79 Å². The summed E-state index contributed by atoms with van der Waals surface area (Å²) in [5, 5.41) is 3.66. The van der Waals surface area contributed by atoms with E-state index in [0.29, 0.717) is 5.13 Å². The van der Waals surface area contributed by atoms with E-state index in [1.165, 1.54) is 11.3 Å². The predicted molar refractivity (Wildman–Crippen MR) is 88.5 cm³/mol. The Labute approximate surface area is 130 Å². The van der Waals surface area contributed by atoms with Gasteiger partial charge in [0.2, 0.25) is 5.91 Å². The number of rotatable bonds is 3. The van der Waals surface area contributed by atoms with E-state index in [0.717, 1.165) is 36.4 Å². The largest absolute Gasteiger partial charge is 0.306 e. The van der Waals surface area contributed by atoms with Gasteiger partial charge in [-0.3, -0.25) is 4.79 Å². The average Bonchev–Trinajstić information content (AvgIpc) is 2.97. The minimum Gasteiger partial charge on any atom is -0.306 e. The van der Waals surface area contributed by atoms with Crippen LogP contribution in [0.3, 0.4) is 0 Å².